The lowest BCUT2D eigenvalue weighted by Crippen LogP contribution is -2.35. The summed E-state index contributed by atoms with van der Waals surface area (Å²) in [6.45, 7) is 3.95. The first-order valence-corrected chi connectivity index (χ1v) is 10.7. The summed E-state index contributed by atoms with van der Waals surface area (Å²) < 4.78 is 13.1. The third kappa shape index (κ3) is 4.43. The van der Waals surface area contributed by atoms with Gasteiger partial charge in [0.25, 0.3) is 5.91 Å². The van der Waals surface area contributed by atoms with Gasteiger partial charge in [0.1, 0.15) is 16.5 Å². The van der Waals surface area contributed by atoms with Crippen LogP contribution in [0.2, 0.25) is 0 Å². The predicted molar refractivity (Wildman–Crippen MR) is 108 cm³/mol. The minimum Gasteiger partial charge on any atom is -0.336 e. The van der Waals surface area contributed by atoms with Gasteiger partial charge in [0.2, 0.25) is 0 Å². The second-order valence-corrected chi connectivity index (χ2v) is 8.37. The number of carbonyl (C=O) groups is 1. The summed E-state index contributed by atoms with van der Waals surface area (Å²) in [6, 6.07) is 10.7. The molecule has 0 N–H and O–H groups in total. The summed E-state index contributed by atoms with van der Waals surface area (Å²) in [5, 5.41) is 4.78. The molecule has 0 saturated carbocycles. The van der Waals surface area contributed by atoms with Crippen molar-refractivity contribution in [3.63, 3.8) is 0 Å². The van der Waals surface area contributed by atoms with E-state index in [0.717, 1.165) is 48.0 Å². The molecule has 0 unspecified atom stereocenters. The van der Waals surface area contributed by atoms with E-state index in [1.165, 1.54) is 23.5 Å². The molecule has 0 aliphatic carbocycles. The fourth-order valence-electron chi connectivity index (χ4n) is 3.23. The van der Waals surface area contributed by atoms with E-state index in [0.29, 0.717) is 12.2 Å². The van der Waals surface area contributed by atoms with E-state index >= 15 is 0 Å². The zero-order chi connectivity index (χ0) is 18.6. The van der Waals surface area contributed by atoms with Gasteiger partial charge in [0.05, 0.1) is 4.88 Å². The maximum atomic E-state index is 13.1. The van der Waals surface area contributed by atoms with Gasteiger partial charge in [-0.25, -0.2) is 9.37 Å². The number of benzene rings is 1. The monoisotopic (exact) mass is 401 g/mol. The minimum atomic E-state index is -0.212. The van der Waals surface area contributed by atoms with Crippen LogP contribution in [0.25, 0.3) is 9.88 Å². The topological polar surface area (TPSA) is 36.4 Å². The van der Waals surface area contributed by atoms with Gasteiger partial charge >= 0.3 is 0 Å². The summed E-state index contributed by atoms with van der Waals surface area (Å²) >= 11 is 3.15. The first-order valence-electron chi connectivity index (χ1n) is 8.94. The van der Waals surface area contributed by atoms with E-state index in [1.54, 1.807) is 11.3 Å². The van der Waals surface area contributed by atoms with Gasteiger partial charge in [-0.3, -0.25) is 9.69 Å². The van der Waals surface area contributed by atoms with Crippen molar-refractivity contribution in [2.24, 2.45) is 0 Å². The lowest BCUT2D eigenvalue weighted by Gasteiger charge is -2.21. The summed E-state index contributed by atoms with van der Waals surface area (Å²) in [7, 11) is 0. The number of rotatable bonds is 4. The van der Waals surface area contributed by atoms with E-state index < -0.39 is 0 Å². The Kier molecular flexibility index (Phi) is 5.61. The molecule has 3 aromatic rings. The van der Waals surface area contributed by atoms with E-state index in [2.05, 4.69) is 9.88 Å². The summed E-state index contributed by atoms with van der Waals surface area (Å²) in [5.41, 5.74) is 1.63. The summed E-state index contributed by atoms with van der Waals surface area (Å²) in [6.07, 6.45) is 0.925. The lowest BCUT2D eigenvalue weighted by atomic mass is 10.2. The van der Waals surface area contributed by atoms with Crippen molar-refractivity contribution >= 4 is 28.6 Å². The van der Waals surface area contributed by atoms with Crippen LogP contribution in [0, 0.1) is 5.82 Å². The molecule has 0 spiro atoms. The number of thiophene rings is 1. The molecule has 27 heavy (non-hydrogen) atoms. The number of hydrogen-bond donors (Lipinski definition) is 0. The van der Waals surface area contributed by atoms with Crippen molar-refractivity contribution in [1.82, 2.24) is 14.8 Å². The predicted octanol–water partition coefficient (Wildman–Crippen LogP) is 4.36. The SMILES string of the molecule is O=C(c1csc(-c2cccs2)n1)N1CCCN(Cc2ccc(F)cc2)CC1. The van der Waals surface area contributed by atoms with Gasteiger partial charge in [-0.05, 0) is 35.6 Å². The van der Waals surface area contributed by atoms with Gasteiger partial charge in [0, 0.05) is 38.1 Å². The van der Waals surface area contributed by atoms with Crippen LogP contribution in [-0.4, -0.2) is 46.9 Å². The van der Waals surface area contributed by atoms with Gasteiger partial charge in [-0.15, -0.1) is 22.7 Å². The van der Waals surface area contributed by atoms with Gasteiger partial charge in [0.15, 0.2) is 0 Å². The molecular weight excluding hydrogens is 381 g/mol. The Hall–Kier alpha value is -2.09. The third-order valence-corrected chi connectivity index (χ3v) is 6.53. The molecule has 1 aliphatic rings. The fraction of sp³-hybridized carbons (Fsp3) is 0.300. The first-order chi connectivity index (χ1) is 13.2. The highest BCUT2D eigenvalue weighted by Gasteiger charge is 2.22. The van der Waals surface area contributed by atoms with E-state index in [4.69, 9.17) is 0 Å². The molecule has 4 rings (SSSR count). The number of halogens is 1. The number of amides is 1. The van der Waals surface area contributed by atoms with Crippen LogP contribution in [0.4, 0.5) is 4.39 Å². The maximum Gasteiger partial charge on any atom is 0.273 e. The van der Waals surface area contributed by atoms with Gasteiger partial charge < -0.3 is 4.90 Å². The molecule has 3 heterocycles. The van der Waals surface area contributed by atoms with Crippen molar-refractivity contribution in [2.45, 2.75) is 13.0 Å². The average molecular weight is 402 g/mol. The van der Waals surface area contributed by atoms with E-state index in [9.17, 15) is 9.18 Å². The van der Waals surface area contributed by atoms with Crippen LogP contribution < -0.4 is 0 Å². The number of thiazole rings is 1. The molecule has 0 atom stereocenters. The molecule has 1 fully saturated rings. The lowest BCUT2D eigenvalue weighted by molar-refractivity contribution is 0.0756. The van der Waals surface area contributed by atoms with Crippen LogP contribution >= 0.6 is 22.7 Å². The van der Waals surface area contributed by atoms with Crippen LogP contribution in [0.5, 0.6) is 0 Å². The van der Waals surface area contributed by atoms with Gasteiger partial charge in [-0.2, -0.15) is 0 Å². The van der Waals surface area contributed by atoms with Crippen molar-refractivity contribution in [3.05, 3.63) is 64.2 Å². The Labute approximate surface area is 165 Å². The van der Waals surface area contributed by atoms with Crippen molar-refractivity contribution in [1.29, 1.82) is 0 Å². The van der Waals surface area contributed by atoms with E-state index in [-0.39, 0.29) is 11.7 Å². The molecule has 4 nitrogen and oxygen atoms in total. The Morgan fingerprint density at radius 2 is 1.93 bits per heavy atom. The number of hydrogen-bond acceptors (Lipinski definition) is 5. The molecule has 7 heteroatoms. The number of nitrogens with zero attached hydrogens (tertiary/aromatic N) is 3. The molecule has 0 bridgehead atoms. The van der Waals surface area contributed by atoms with Gasteiger partial charge in [-0.1, -0.05) is 18.2 Å². The molecule has 1 aromatic carbocycles. The smallest absolute Gasteiger partial charge is 0.273 e. The first kappa shape index (κ1) is 18.3. The summed E-state index contributed by atoms with van der Waals surface area (Å²) in [5.74, 6) is -0.200. The third-order valence-electron chi connectivity index (χ3n) is 4.65. The zero-order valence-electron chi connectivity index (χ0n) is 14.8. The summed E-state index contributed by atoms with van der Waals surface area (Å²) in [4.78, 5) is 22.7. The fourth-order valence-corrected chi connectivity index (χ4v) is 4.84. The normalized spacial score (nSPS) is 15.7. The zero-order valence-corrected chi connectivity index (χ0v) is 16.4. The molecule has 1 amide bonds. The Balaban J connectivity index is 1.37. The van der Waals surface area contributed by atoms with Crippen LogP contribution in [0.1, 0.15) is 22.5 Å². The number of carbonyl (C=O) groups excluding carboxylic acids is 1. The second-order valence-electron chi connectivity index (χ2n) is 6.56. The Bertz CT molecular complexity index is 892. The van der Waals surface area contributed by atoms with Crippen LogP contribution in [-0.2, 0) is 6.54 Å². The highest BCUT2D eigenvalue weighted by molar-refractivity contribution is 7.20. The largest absolute Gasteiger partial charge is 0.336 e. The molecule has 1 saturated heterocycles. The molecule has 0 radical (unpaired) electrons. The standard InChI is InChI=1S/C20H20FN3OS2/c21-16-6-4-15(5-7-16)13-23-8-2-9-24(11-10-23)20(25)17-14-27-19(22-17)18-3-1-12-26-18/h1,3-7,12,14H,2,8-11,13H2. The van der Waals surface area contributed by atoms with E-state index in [1.807, 2.05) is 39.9 Å². The molecule has 1 aliphatic heterocycles. The van der Waals surface area contributed by atoms with Crippen molar-refractivity contribution < 1.29 is 9.18 Å². The maximum absolute atomic E-state index is 13.1. The molecule has 2 aromatic heterocycles. The van der Waals surface area contributed by atoms with Crippen molar-refractivity contribution in [3.8, 4) is 9.88 Å². The molecular formula is C20H20FN3OS2. The quantitative estimate of drug-likeness (QED) is 0.652. The highest BCUT2D eigenvalue weighted by atomic mass is 32.1. The van der Waals surface area contributed by atoms with Crippen LogP contribution in [0.3, 0.4) is 0 Å². The molecule has 140 valence electrons. The minimum absolute atomic E-state index is 0.0117. The number of aromatic nitrogens is 1. The Morgan fingerprint density at radius 3 is 2.70 bits per heavy atom. The average Bonchev–Trinajstić information content (AvgIpc) is 3.32. The van der Waals surface area contributed by atoms with Crippen molar-refractivity contribution in [2.75, 3.05) is 26.2 Å². The highest BCUT2D eigenvalue weighted by Crippen LogP contribution is 2.28. The van der Waals surface area contributed by atoms with Crippen LogP contribution in [0.15, 0.2) is 47.2 Å². The second kappa shape index (κ2) is 8.29. The Morgan fingerprint density at radius 1 is 1.07 bits per heavy atom.